The van der Waals surface area contributed by atoms with E-state index in [1.54, 1.807) is 55.6 Å². The number of halogens is 1. The average molecular weight is 419 g/mol. The van der Waals surface area contributed by atoms with Gasteiger partial charge in [-0.15, -0.1) is 10.2 Å². The molecule has 0 spiro atoms. The zero-order valence-electron chi connectivity index (χ0n) is 14.6. The lowest BCUT2D eigenvalue weighted by Crippen LogP contribution is -2.42. The molecule has 0 saturated heterocycles. The van der Waals surface area contributed by atoms with Gasteiger partial charge >= 0.3 is 0 Å². The number of carbonyl (C=O) groups excluding carboxylic acids is 2. The van der Waals surface area contributed by atoms with Crippen molar-refractivity contribution in [3.63, 3.8) is 0 Å². The minimum absolute atomic E-state index is 0.00879. The Morgan fingerprint density at radius 1 is 1.07 bits per heavy atom. The van der Waals surface area contributed by atoms with Gasteiger partial charge in [0.15, 0.2) is 0 Å². The van der Waals surface area contributed by atoms with Crippen LogP contribution in [0.2, 0.25) is 5.02 Å². The highest BCUT2D eigenvalue weighted by atomic mass is 35.5. The number of rotatable bonds is 6. The van der Waals surface area contributed by atoms with Gasteiger partial charge in [0.1, 0.15) is 5.75 Å². The Morgan fingerprint density at radius 3 is 2.46 bits per heavy atom. The summed E-state index contributed by atoms with van der Waals surface area (Å²) in [5.41, 5.74) is 5.75. The van der Waals surface area contributed by atoms with Crippen LogP contribution in [0.5, 0.6) is 5.75 Å². The van der Waals surface area contributed by atoms with Crippen molar-refractivity contribution in [2.45, 2.75) is 5.22 Å². The number of amides is 2. The van der Waals surface area contributed by atoms with Crippen LogP contribution < -0.4 is 15.6 Å². The SMILES string of the molecule is COc1ccc(-c2nnc(SCC(=O)NNC(=O)c3ccc(Cl)cc3)o2)cc1. The third kappa shape index (κ3) is 5.24. The summed E-state index contributed by atoms with van der Waals surface area (Å²) in [5.74, 6) is 0.174. The normalized spacial score (nSPS) is 10.4. The van der Waals surface area contributed by atoms with Crippen LogP contribution >= 0.6 is 23.4 Å². The number of nitrogens with one attached hydrogen (secondary N) is 2. The Morgan fingerprint density at radius 2 is 1.79 bits per heavy atom. The molecule has 0 aliphatic rings. The summed E-state index contributed by atoms with van der Waals surface area (Å²) in [5, 5.41) is 8.60. The maximum absolute atomic E-state index is 11.9. The van der Waals surface area contributed by atoms with E-state index in [-0.39, 0.29) is 11.0 Å². The van der Waals surface area contributed by atoms with Gasteiger partial charge in [0.05, 0.1) is 12.9 Å². The van der Waals surface area contributed by atoms with Crippen molar-refractivity contribution in [1.82, 2.24) is 21.0 Å². The van der Waals surface area contributed by atoms with Crippen LogP contribution in [-0.2, 0) is 4.79 Å². The van der Waals surface area contributed by atoms with E-state index >= 15 is 0 Å². The Kier molecular flexibility index (Phi) is 6.51. The average Bonchev–Trinajstić information content (AvgIpc) is 3.20. The predicted octanol–water partition coefficient (Wildman–Crippen LogP) is 2.95. The first-order valence-electron chi connectivity index (χ1n) is 8.00. The van der Waals surface area contributed by atoms with Crippen molar-refractivity contribution < 1.29 is 18.7 Å². The zero-order valence-corrected chi connectivity index (χ0v) is 16.2. The minimum Gasteiger partial charge on any atom is -0.497 e. The summed E-state index contributed by atoms with van der Waals surface area (Å²) >= 11 is 6.82. The molecule has 3 aromatic rings. The number of hydrogen-bond acceptors (Lipinski definition) is 7. The maximum Gasteiger partial charge on any atom is 0.277 e. The highest BCUT2D eigenvalue weighted by Gasteiger charge is 2.12. The quantitative estimate of drug-likeness (QED) is 0.468. The number of carbonyl (C=O) groups is 2. The van der Waals surface area contributed by atoms with E-state index in [2.05, 4.69) is 21.0 Å². The standard InChI is InChI=1S/C18H15ClN4O4S/c1-26-14-8-4-12(5-9-14)17-22-23-18(27-17)28-10-15(24)20-21-16(25)11-2-6-13(19)7-3-11/h2-9H,10H2,1H3,(H,20,24)(H,21,25). The molecule has 0 saturated carbocycles. The van der Waals surface area contributed by atoms with E-state index < -0.39 is 11.8 Å². The Balaban J connectivity index is 1.47. The van der Waals surface area contributed by atoms with E-state index in [4.69, 9.17) is 20.8 Å². The van der Waals surface area contributed by atoms with E-state index in [0.717, 1.165) is 23.1 Å². The second-order valence-corrected chi connectivity index (χ2v) is 6.76. The molecule has 28 heavy (non-hydrogen) atoms. The number of nitrogens with zero attached hydrogens (tertiary/aromatic N) is 2. The number of ether oxygens (including phenoxy) is 1. The Hall–Kier alpha value is -3.04. The molecule has 1 heterocycles. The lowest BCUT2D eigenvalue weighted by atomic mass is 10.2. The predicted molar refractivity (Wildman–Crippen MR) is 104 cm³/mol. The largest absolute Gasteiger partial charge is 0.497 e. The molecule has 0 aliphatic carbocycles. The maximum atomic E-state index is 11.9. The second kappa shape index (κ2) is 9.25. The molecule has 0 bridgehead atoms. The van der Waals surface area contributed by atoms with Gasteiger partial charge in [0, 0.05) is 16.1 Å². The first-order chi connectivity index (χ1) is 13.5. The van der Waals surface area contributed by atoms with E-state index in [1.807, 2.05) is 0 Å². The summed E-state index contributed by atoms with van der Waals surface area (Å²) in [6.07, 6.45) is 0. The smallest absolute Gasteiger partial charge is 0.277 e. The molecule has 8 nitrogen and oxygen atoms in total. The highest BCUT2D eigenvalue weighted by molar-refractivity contribution is 7.99. The van der Waals surface area contributed by atoms with Crippen LogP contribution in [0.1, 0.15) is 10.4 Å². The molecule has 3 rings (SSSR count). The van der Waals surface area contributed by atoms with E-state index in [9.17, 15) is 9.59 Å². The molecule has 0 radical (unpaired) electrons. The lowest BCUT2D eigenvalue weighted by molar-refractivity contribution is -0.119. The summed E-state index contributed by atoms with van der Waals surface area (Å²) in [6.45, 7) is 0. The van der Waals surface area contributed by atoms with Crippen molar-refractivity contribution in [2.75, 3.05) is 12.9 Å². The van der Waals surface area contributed by atoms with Gasteiger partial charge < -0.3 is 9.15 Å². The van der Waals surface area contributed by atoms with Gasteiger partial charge in [-0.1, -0.05) is 23.4 Å². The number of methoxy groups -OCH3 is 1. The van der Waals surface area contributed by atoms with Crippen molar-refractivity contribution in [3.8, 4) is 17.2 Å². The topological polar surface area (TPSA) is 106 Å². The molecule has 0 fully saturated rings. The van der Waals surface area contributed by atoms with Crippen molar-refractivity contribution in [2.24, 2.45) is 0 Å². The Labute approximate surface area is 169 Å². The van der Waals surface area contributed by atoms with Crippen molar-refractivity contribution in [3.05, 3.63) is 59.1 Å². The van der Waals surface area contributed by atoms with Gasteiger partial charge in [0.25, 0.3) is 11.1 Å². The lowest BCUT2D eigenvalue weighted by Gasteiger charge is -2.06. The summed E-state index contributed by atoms with van der Waals surface area (Å²) in [6, 6.07) is 13.4. The molecule has 144 valence electrons. The van der Waals surface area contributed by atoms with Gasteiger partial charge in [-0.2, -0.15) is 0 Å². The fourth-order valence-electron chi connectivity index (χ4n) is 2.08. The number of aromatic nitrogens is 2. The molecule has 10 heteroatoms. The molecule has 0 aliphatic heterocycles. The van der Waals surface area contributed by atoms with E-state index in [1.165, 1.54) is 0 Å². The molecule has 0 atom stereocenters. The van der Waals surface area contributed by atoms with Gasteiger partial charge in [-0.3, -0.25) is 20.4 Å². The molecule has 2 aromatic carbocycles. The molecule has 2 amide bonds. The van der Waals surface area contributed by atoms with Crippen LogP contribution in [0.15, 0.2) is 58.2 Å². The minimum atomic E-state index is -0.449. The third-order valence-electron chi connectivity index (χ3n) is 3.49. The molecule has 0 unspecified atom stereocenters. The summed E-state index contributed by atoms with van der Waals surface area (Å²) in [4.78, 5) is 23.8. The van der Waals surface area contributed by atoms with Gasteiger partial charge in [-0.25, -0.2) is 0 Å². The first kappa shape index (κ1) is 19.7. The van der Waals surface area contributed by atoms with Crippen molar-refractivity contribution in [1.29, 1.82) is 0 Å². The molecule has 1 aromatic heterocycles. The van der Waals surface area contributed by atoms with Gasteiger partial charge in [-0.05, 0) is 48.5 Å². The van der Waals surface area contributed by atoms with Crippen LogP contribution in [0.3, 0.4) is 0 Å². The van der Waals surface area contributed by atoms with Crippen molar-refractivity contribution >= 4 is 35.2 Å². The van der Waals surface area contributed by atoms with Crippen LogP contribution in [0.4, 0.5) is 0 Å². The highest BCUT2D eigenvalue weighted by Crippen LogP contribution is 2.24. The number of hydrogen-bond donors (Lipinski definition) is 2. The van der Waals surface area contributed by atoms with Crippen LogP contribution in [0, 0.1) is 0 Å². The zero-order chi connectivity index (χ0) is 19.9. The van der Waals surface area contributed by atoms with Crippen LogP contribution in [-0.4, -0.2) is 34.9 Å². The summed E-state index contributed by atoms with van der Waals surface area (Å²) in [7, 11) is 1.58. The number of hydrazine groups is 1. The molecule has 2 N–H and O–H groups in total. The first-order valence-corrected chi connectivity index (χ1v) is 9.37. The van der Waals surface area contributed by atoms with E-state index in [0.29, 0.717) is 16.5 Å². The fraction of sp³-hybridized carbons (Fsp3) is 0.111. The number of thioether (sulfide) groups is 1. The van der Waals surface area contributed by atoms with Crippen LogP contribution in [0.25, 0.3) is 11.5 Å². The number of benzene rings is 2. The summed E-state index contributed by atoms with van der Waals surface area (Å²) < 4.78 is 10.6. The fourth-order valence-corrected chi connectivity index (χ4v) is 2.77. The second-order valence-electron chi connectivity index (χ2n) is 5.40. The monoisotopic (exact) mass is 418 g/mol. The third-order valence-corrected chi connectivity index (χ3v) is 4.56. The van der Waals surface area contributed by atoms with Gasteiger partial charge in [0.2, 0.25) is 11.8 Å². The molecular weight excluding hydrogens is 404 g/mol. The molecular formula is C18H15ClN4O4S. The Bertz CT molecular complexity index is 960.